The second-order valence-corrected chi connectivity index (χ2v) is 8.97. The first-order chi connectivity index (χ1) is 25.0. The van der Waals surface area contributed by atoms with Gasteiger partial charge in [-0.1, -0.05) is 104 Å². The summed E-state index contributed by atoms with van der Waals surface area (Å²) in [5.41, 5.74) is 1.89. The second-order valence-electron chi connectivity index (χ2n) is 8.97. The minimum atomic E-state index is -2.73. The third-order valence-corrected chi connectivity index (χ3v) is 6.81. The molecule has 0 saturated heterocycles. The first-order valence-electron chi connectivity index (χ1n) is 19.1. The van der Waals surface area contributed by atoms with Gasteiger partial charge in [-0.25, -0.2) is 15.0 Å². The Morgan fingerprint density at radius 1 is 0.667 bits per heavy atom. The first-order valence-corrected chi connectivity index (χ1v) is 12.1. The molecular weight excluding hydrogens is 476 g/mol. The standard InChI is InChI=1S/C35H24N4/c1-22-26-15-8-9-18-30(26)39-31-20-19-25(21-29(31)28-17-10-16-27(22)32(28)39)35-37-33(23-11-4-2-5-12-23)36-34(38-35)24-13-6-3-7-14-24/h2-22H,1H3/i1D3,2D,3D,4D,5D,6D,7D,11D,12D,13D,14D,22D. The summed E-state index contributed by atoms with van der Waals surface area (Å²) < 4.78 is 120. The number of aromatic nitrogens is 4. The van der Waals surface area contributed by atoms with Crippen LogP contribution in [-0.2, 0) is 0 Å². The second kappa shape index (κ2) is 8.47. The van der Waals surface area contributed by atoms with Gasteiger partial charge in [0.25, 0.3) is 0 Å². The Labute approximate surface area is 245 Å². The minimum Gasteiger partial charge on any atom is -0.309 e. The summed E-state index contributed by atoms with van der Waals surface area (Å²) in [5, 5.41) is 1.25. The van der Waals surface area contributed by atoms with Crippen molar-refractivity contribution in [3.05, 3.63) is 132 Å². The molecule has 0 spiro atoms. The Morgan fingerprint density at radius 3 is 2.00 bits per heavy atom. The topological polar surface area (TPSA) is 43.6 Å². The lowest BCUT2D eigenvalue weighted by Gasteiger charge is -2.25. The van der Waals surface area contributed by atoms with Gasteiger partial charge in [0, 0.05) is 44.5 Å². The third kappa shape index (κ3) is 3.35. The highest BCUT2D eigenvalue weighted by Gasteiger charge is 2.26. The number of hydrogen-bond acceptors (Lipinski definition) is 3. The molecule has 2 aromatic heterocycles. The maximum absolute atomic E-state index is 9.45. The van der Waals surface area contributed by atoms with E-state index in [1.54, 1.807) is 60.7 Å². The van der Waals surface area contributed by atoms with Crippen molar-refractivity contribution in [1.82, 2.24) is 19.5 Å². The largest absolute Gasteiger partial charge is 0.309 e. The summed E-state index contributed by atoms with van der Waals surface area (Å²) in [5.74, 6) is -2.96. The van der Waals surface area contributed by atoms with E-state index < -0.39 is 73.2 Å². The Morgan fingerprint density at radius 2 is 1.31 bits per heavy atom. The zero-order chi connectivity index (χ0) is 38.0. The van der Waals surface area contributed by atoms with Gasteiger partial charge in [-0.3, -0.25) is 0 Å². The SMILES string of the molecule is [2H]c1c([2H])c([2H])c(-c2nc(-c3ccc4c(c3)c3cccc5c3n4-c3ccccc3C5([2H])C([2H])([2H])[2H])nc(-c3c([2H])c([2H])c([2H])c([2H])c3[2H])n2)c([2H])c1[2H]. The average Bonchev–Trinajstić information content (AvgIpc) is 3.47. The van der Waals surface area contributed by atoms with Crippen molar-refractivity contribution in [3.8, 4) is 39.9 Å². The number of rotatable bonds is 3. The number of nitrogens with zero attached hydrogens (tertiary/aromatic N) is 4. The Bertz CT molecular complexity index is 2610. The van der Waals surface area contributed by atoms with Crippen molar-refractivity contribution < 1.29 is 19.2 Å². The summed E-state index contributed by atoms with van der Waals surface area (Å²) in [7, 11) is 0. The summed E-state index contributed by atoms with van der Waals surface area (Å²) in [6, 6.07) is 10.8. The molecule has 1 aliphatic rings. The van der Waals surface area contributed by atoms with Crippen LogP contribution in [-0.4, -0.2) is 19.5 Å². The van der Waals surface area contributed by atoms with Crippen LogP contribution in [0.4, 0.5) is 0 Å². The molecule has 0 bridgehead atoms. The van der Waals surface area contributed by atoms with Crippen LogP contribution in [0.2, 0.25) is 0 Å². The van der Waals surface area contributed by atoms with E-state index in [0.717, 1.165) is 0 Å². The highest BCUT2D eigenvalue weighted by atomic mass is 15.0. The van der Waals surface area contributed by atoms with Crippen LogP contribution in [0.15, 0.2) is 121 Å². The fourth-order valence-corrected chi connectivity index (χ4v) is 5.14. The molecule has 184 valence electrons. The zero-order valence-electron chi connectivity index (χ0n) is 34.1. The molecule has 1 unspecified atom stereocenters. The van der Waals surface area contributed by atoms with E-state index in [1.807, 2.05) is 4.57 Å². The quantitative estimate of drug-likeness (QED) is 0.238. The monoisotopic (exact) mass is 514 g/mol. The van der Waals surface area contributed by atoms with Crippen molar-refractivity contribution in [3.63, 3.8) is 0 Å². The summed E-state index contributed by atoms with van der Waals surface area (Å²) in [6.45, 7) is -2.73. The van der Waals surface area contributed by atoms with Crippen LogP contribution in [0.3, 0.4) is 0 Å². The highest BCUT2D eigenvalue weighted by molar-refractivity contribution is 6.12. The minimum absolute atomic E-state index is 0.102. The molecule has 0 fully saturated rings. The average molecular weight is 515 g/mol. The van der Waals surface area contributed by atoms with Gasteiger partial charge in [0.15, 0.2) is 17.5 Å². The molecule has 0 aliphatic carbocycles. The van der Waals surface area contributed by atoms with Gasteiger partial charge in [0.05, 0.1) is 24.7 Å². The lowest BCUT2D eigenvalue weighted by Crippen LogP contribution is -2.11. The molecule has 0 radical (unpaired) electrons. The smallest absolute Gasteiger partial charge is 0.164 e. The van der Waals surface area contributed by atoms with E-state index in [2.05, 4.69) is 15.0 Å². The third-order valence-electron chi connectivity index (χ3n) is 6.81. The normalized spacial score (nSPS) is 21.3. The van der Waals surface area contributed by atoms with Crippen molar-refractivity contribution >= 4 is 21.8 Å². The molecular formula is C35H24N4. The Hall–Kier alpha value is -5.09. The van der Waals surface area contributed by atoms with Crippen LogP contribution in [0.25, 0.3) is 61.7 Å². The number of benzene rings is 5. The van der Waals surface area contributed by atoms with E-state index in [0.29, 0.717) is 44.2 Å². The van der Waals surface area contributed by atoms with Gasteiger partial charge in [-0.2, -0.15) is 0 Å². The maximum Gasteiger partial charge on any atom is 0.164 e. The summed E-state index contributed by atoms with van der Waals surface area (Å²) in [6.07, 6.45) is 0. The molecule has 8 rings (SSSR count). The molecule has 3 heterocycles. The molecule has 0 amide bonds. The molecule has 4 nitrogen and oxygen atoms in total. The van der Waals surface area contributed by atoms with Gasteiger partial charge in [0.1, 0.15) is 0 Å². The van der Waals surface area contributed by atoms with Crippen LogP contribution in [0, 0.1) is 0 Å². The fraction of sp³-hybridized carbons (Fsp3) is 0.0571. The molecule has 0 saturated carbocycles. The Balaban J connectivity index is 1.45. The predicted molar refractivity (Wildman–Crippen MR) is 158 cm³/mol. The van der Waals surface area contributed by atoms with Gasteiger partial charge < -0.3 is 4.57 Å². The van der Waals surface area contributed by atoms with Gasteiger partial charge in [-0.15, -0.1) is 0 Å². The molecule has 7 aromatic rings. The van der Waals surface area contributed by atoms with E-state index >= 15 is 0 Å². The number of fused-ring (bicyclic) bond motifs is 5. The fourth-order valence-electron chi connectivity index (χ4n) is 5.14. The molecule has 4 heteroatoms. The van der Waals surface area contributed by atoms with E-state index in [-0.39, 0.29) is 28.6 Å². The molecule has 1 atom stereocenters. The van der Waals surface area contributed by atoms with E-state index in [4.69, 9.17) is 17.8 Å². The summed E-state index contributed by atoms with van der Waals surface area (Å²) >= 11 is 0. The molecule has 39 heavy (non-hydrogen) atoms. The van der Waals surface area contributed by atoms with Crippen molar-refractivity contribution in [2.45, 2.75) is 12.7 Å². The molecule has 0 N–H and O–H groups in total. The molecule has 1 aliphatic heterocycles. The van der Waals surface area contributed by atoms with Crippen LogP contribution in [0.5, 0.6) is 0 Å². The van der Waals surface area contributed by atoms with Gasteiger partial charge in [0.2, 0.25) is 0 Å². The predicted octanol–water partition coefficient (Wildman–Crippen LogP) is 8.43. The van der Waals surface area contributed by atoms with Crippen LogP contribution in [0.1, 0.15) is 43.1 Å². The van der Waals surface area contributed by atoms with E-state index in [9.17, 15) is 1.37 Å². The van der Waals surface area contributed by atoms with Gasteiger partial charge in [-0.05, 0) is 35.4 Å². The van der Waals surface area contributed by atoms with Crippen molar-refractivity contribution in [2.75, 3.05) is 0 Å². The number of hydrogen-bond donors (Lipinski definition) is 0. The Kier molecular flexibility index (Phi) is 2.64. The van der Waals surface area contributed by atoms with E-state index in [1.165, 1.54) is 0 Å². The summed E-state index contributed by atoms with van der Waals surface area (Å²) in [4.78, 5) is 13.4. The van der Waals surface area contributed by atoms with Gasteiger partial charge >= 0.3 is 0 Å². The van der Waals surface area contributed by atoms with Crippen LogP contribution >= 0.6 is 0 Å². The highest BCUT2D eigenvalue weighted by Crippen LogP contribution is 2.44. The lowest BCUT2D eigenvalue weighted by atomic mass is 9.88. The first kappa shape index (κ1) is 12.2. The number of para-hydroxylation sites is 2. The van der Waals surface area contributed by atoms with Crippen molar-refractivity contribution in [2.24, 2.45) is 0 Å². The zero-order valence-corrected chi connectivity index (χ0v) is 20.1. The van der Waals surface area contributed by atoms with Crippen molar-refractivity contribution in [1.29, 1.82) is 0 Å². The molecule has 5 aromatic carbocycles. The lowest BCUT2D eigenvalue weighted by molar-refractivity contribution is 0.881. The van der Waals surface area contributed by atoms with Crippen LogP contribution < -0.4 is 0 Å². The maximum atomic E-state index is 9.45.